The lowest BCUT2D eigenvalue weighted by Gasteiger charge is -2.21. The van der Waals surface area contributed by atoms with Crippen molar-refractivity contribution in [3.8, 4) is 0 Å². The molecule has 0 rings (SSSR count). The van der Waals surface area contributed by atoms with Crippen LogP contribution in [0, 0.1) is 0 Å². The molecule has 0 bridgehead atoms. The Hall–Kier alpha value is -0.610. The molecule has 11 heavy (non-hydrogen) atoms. The molecule has 0 fully saturated rings. The summed E-state index contributed by atoms with van der Waals surface area (Å²) in [5, 5.41) is 17.3. The second kappa shape index (κ2) is 6.12. The van der Waals surface area contributed by atoms with Gasteiger partial charge in [0.05, 0.1) is 27.7 Å². The van der Waals surface area contributed by atoms with Crippen molar-refractivity contribution >= 4 is 5.97 Å². The molecular weight excluding hydrogens is 146 g/mol. The minimum absolute atomic E-state index is 0.281. The summed E-state index contributed by atoms with van der Waals surface area (Å²) in [6.45, 7) is 2.09. The number of aliphatic carboxylic acids is 1. The Morgan fingerprint density at radius 2 is 1.73 bits per heavy atom. The largest absolute Gasteiger partial charge is 0.550 e. The standard InChI is InChI=1S/C5H14NO.C2H4O2/c1-6(2,3)4-5-7;1-2(3)4/h7H,4-5H2,1-3H3;1H3,(H,3,4)/q+1;/p-1. The topological polar surface area (TPSA) is 60.4 Å². The minimum atomic E-state index is -1.08. The zero-order valence-electron chi connectivity index (χ0n) is 7.63. The van der Waals surface area contributed by atoms with E-state index in [1.807, 2.05) is 0 Å². The van der Waals surface area contributed by atoms with Crippen molar-refractivity contribution in [2.24, 2.45) is 0 Å². The molecule has 1 N–H and O–H groups in total. The summed E-state index contributed by atoms with van der Waals surface area (Å²) in [4.78, 5) is 8.89. The molecule has 0 amide bonds. The maximum absolute atomic E-state index is 8.89. The third-order valence-electron chi connectivity index (χ3n) is 0.771. The van der Waals surface area contributed by atoms with Gasteiger partial charge in [-0.25, -0.2) is 0 Å². The Morgan fingerprint density at radius 3 is 1.73 bits per heavy atom. The Bertz CT molecular complexity index is 103. The van der Waals surface area contributed by atoms with Gasteiger partial charge in [-0.3, -0.25) is 0 Å². The third kappa shape index (κ3) is 44.6. The normalized spacial score (nSPS) is 9.91. The molecule has 0 aliphatic heterocycles. The summed E-state index contributed by atoms with van der Waals surface area (Å²) >= 11 is 0. The number of carboxylic acid groups (broad SMARTS) is 1. The van der Waals surface area contributed by atoms with E-state index in [1.165, 1.54) is 0 Å². The molecule has 0 saturated heterocycles. The number of aliphatic hydroxyl groups excluding tert-OH is 1. The van der Waals surface area contributed by atoms with Crippen LogP contribution in [0.1, 0.15) is 6.92 Å². The van der Waals surface area contributed by atoms with E-state index in [9.17, 15) is 0 Å². The zero-order valence-corrected chi connectivity index (χ0v) is 7.63. The molecule has 0 spiro atoms. The van der Waals surface area contributed by atoms with Crippen molar-refractivity contribution in [1.29, 1.82) is 0 Å². The maximum Gasteiger partial charge on any atom is 0.101 e. The predicted molar refractivity (Wildman–Crippen MR) is 40.7 cm³/mol. The lowest BCUT2D eigenvalue weighted by molar-refractivity contribution is -0.870. The molecule has 0 aromatic carbocycles. The Balaban J connectivity index is 0. The first kappa shape index (κ1) is 13.0. The van der Waals surface area contributed by atoms with Gasteiger partial charge in [0.15, 0.2) is 0 Å². The number of quaternary nitrogens is 1. The van der Waals surface area contributed by atoms with Crippen LogP contribution in [-0.4, -0.2) is 49.9 Å². The fourth-order valence-electron chi connectivity index (χ4n) is 0.300. The zero-order chi connectivity index (χ0) is 9.49. The van der Waals surface area contributed by atoms with Crippen LogP contribution < -0.4 is 5.11 Å². The summed E-state index contributed by atoms with van der Waals surface area (Å²) < 4.78 is 0.844. The van der Waals surface area contributed by atoms with E-state index < -0.39 is 5.97 Å². The maximum atomic E-state index is 8.89. The van der Waals surface area contributed by atoms with Gasteiger partial charge >= 0.3 is 0 Å². The molecular formula is C7H17NO3. The highest BCUT2D eigenvalue weighted by Crippen LogP contribution is 1.84. The van der Waals surface area contributed by atoms with Gasteiger partial charge in [-0.1, -0.05) is 0 Å². The monoisotopic (exact) mass is 163 g/mol. The highest BCUT2D eigenvalue weighted by molar-refractivity contribution is 5.60. The van der Waals surface area contributed by atoms with E-state index >= 15 is 0 Å². The minimum Gasteiger partial charge on any atom is -0.550 e. The van der Waals surface area contributed by atoms with Crippen LogP contribution in [0.5, 0.6) is 0 Å². The van der Waals surface area contributed by atoms with Crippen molar-refractivity contribution < 1.29 is 19.5 Å². The van der Waals surface area contributed by atoms with E-state index in [0.29, 0.717) is 0 Å². The molecule has 0 atom stereocenters. The predicted octanol–water partition coefficient (Wildman–Crippen LogP) is -1.56. The fraction of sp³-hybridized carbons (Fsp3) is 0.857. The smallest absolute Gasteiger partial charge is 0.101 e. The lowest BCUT2D eigenvalue weighted by atomic mass is 10.5. The number of carbonyl (C=O) groups is 1. The highest BCUT2D eigenvalue weighted by Gasteiger charge is 2.02. The van der Waals surface area contributed by atoms with Crippen LogP contribution >= 0.6 is 0 Å². The van der Waals surface area contributed by atoms with Crippen molar-refractivity contribution in [3.63, 3.8) is 0 Å². The number of carboxylic acids is 1. The highest BCUT2D eigenvalue weighted by atomic mass is 16.4. The molecule has 68 valence electrons. The van der Waals surface area contributed by atoms with Gasteiger partial charge in [0.2, 0.25) is 0 Å². The van der Waals surface area contributed by atoms with E-state index in [-0.39, 0.29) is 6.61 Å². The summed E-state index contributed by atoms with van der Waals surface area (Å²) in [6.07, 6.45) is 0. The van der Waals surface area contributed by atoms with Crippen molar-refractivity contribution in [3.05, 3.63) is 0 Å². The molecule has 0 unspecified atom stereocenters. The number of likely N-dealkylation sites (N-methyl/N-ethyl adjacent to an activating group) is 1. The van der Waals surface area contributed by atoms with E-state index in [1.54, 1.807) is 0 Å². The Morgan fingerprint density at radius 1 is 1.45 bits per heavy atom. The number of nitrogens with zero attached hydrogens (tertiary/aromatic N) is 1. The van der Waals surface area contributed by atoms with Crippen LogP contribution in [-0.2, 0) is 4.79 Å². The molecule has 0 aromatic rings. The van der Waals surface area contributed by atoms with E-state index in [4.69, 9.17) is 15.0 Å². The summed E-state index contributed by atoms with van der Waals surface area (Å²) in [7, 11) is 6.16. The van der Waals surface area contributed by atoms with Gasteiger partial charge in [-0.05, 0) is 6.92 Å². The summed E-state index contributed by atoms with van der Waals surface area (Å²) in [5.74, 6) is -1.08. The number of rotatable bonds is 2. The van der Waals surface area contributed by atoms with Crippen LogP contribution in [0.3, 0.4) is 0 Å². The second-order valence-corrected chi connectivity index (χ2v) is 3.23. The van der Waals surface area contributed by atoms with Gasteiger partial charge in [0.25, 0.3) is 0 Å². The van der Waals surface area contributed by atoms with Gasteiger partial charge < -0.3 is 19.5 Å². The fourth-order valence-corrected chi connectivity index (χ4v) is 0.300. The average Bonchev–Trinajstić information content (AvgIpc) is 1.58. The first-order valence-electron chi connectivity index (χ1n) is 3.38. The number of carbonyl (C=O) groups excluding carboxylic acids is 1. The molecule has 0 radical (unpaired) electrons. The first-order chi connectivity index (χ1) is 4.79. The number of aliphatic hydroxyl groups is 1. The molecule has 0 saturated carbocycles. The Kier molecular flexibility index (Phi) is 7.24. The van der Waals surface area contributed by atoms with Crippen LogP contribution in [0.25, 0.3) is 0 Å². The molecule has 0 aliphatic rings. The average molecular weight is 163 g/mol. The number of hydrogen-bond donors (Lipinski definition) is 1. The summed E-state index contributed by atoms with van der Waals surface area (Å²) in [6, 6.07) is 0. The summed E-state index contributed by atoms with van der Waals surface area (Å²) in [5.41, 5.74) is 0. The van der Waals surface area contributed by atoms with Gasteiger partial charge in [0.1, 0.15) is 6.54 Å². The van der Waals surface area contributed by atoms with Gasteiger partial charge in [-0.2, -0.15) is 0 Å². The second-order valence-electron chi connectivity index (χ2n) is 3.23. The molecule has 4 nitrogen and oxygen atoms in total. The Labute approximate surface area is 67.7 Å². The van der Waals surface area contributed by atoms with Crippen molar-refractivity contribution in [2.45, 2.75) is 6.92 Å². The molecule has 4 heteroatoms. The van der Waals surface area contributed by atoms with Crippen molar-refractivity contribution in [1.82, 2.24) is 0 Å². The SMILES string of the molecule is CC(=O)[O-].C[N+](C)(C)CCO. The van der Waals surface area contributed by atoms with Gasteiger partial charge in [-0.15, -0.1) is 0 Å². The lowest BCUT2D eigenvalue weighted by Crippen LogP contribution is -2.36. The van der Waals surface area contributed by atoms with E-state index in [0.717, 1.165) is 18.0 Å². The van der Waals surface area contributed by atoms with Crippen molar-refractivity contribution in [2.75, 3.05) is 34.3 Å². The first-order valence-corrected chi connectivity index (χ1v) is 3.38. The van der Waals surface area contributed by atoms with Crippen LogP contribution in [0.4, 0.5) is 0 Å². The molecule has 0 aliphatic carbocycles. The molecule has 0 heterocycles. The van der Waals surface area contributed by atoms with Gasteiger partial charge in [0, 0.05) is 5.97 Å². The van der Waals surface area contributed by atoms with Crippen LogP contribution in [0.2, 0.25) is 0 Å². The number of hydrogen-bond acceptors (Lipinski definition) is 3. The third-order valence-corrected chi connectivity index (χ3v) is 0.771. The van der Waals surface area contributed by atoms with E-state index in [2.05, 4.69) is 21.1 Å². The van der Waals surface area contributed by atoms with Crippen LogP contribution in [0.15, 0.2) is 0 Å². The quantitative estimate of drug-likeness (QED) is 0.501. The molecule has 0 aromatic heterocycles.